The zero-order valence-electron chi connectivity index (χ0n) is 17.0. The van der Waals surface area contributed by atoms with Crippen LogP contribution in [0.3, 0.4) is 0 Å². The first kappa shape index (κ1) is 20.9. The lowest BCUT2D eigenvalue weighted by Gasteiger charge is -2.26. The van der Waals surface area contributed by atoms with Crippen molar-refractivity contribution in [1.29, 1.82) is 0 Å². The van der Waals surface area contributed by atoms with Gasteiger partial charge in [0.25, 0.3) is 6.43 Å². The second-order valence-electron chi connectivity index (χ2n) is 7.87. The summed E-state index contributed by atoms with van der Waals surface area (Å²) in [5.41, 5.74) is 3.20. The molecule has 0 radical (unpaired) electrons. The van der Waals surface area contributed by atoms with Crippen LogP contribution in [0.4, 0.5) is 20.4 Å². The Morgan fingerprint density at radius 2 is 1.97 bits per heavy atom. The van der Waals surface area contributed by atoms with E-state index in [1.165, 1.54) is 12.3 Å². The molecule has 4 rings (SSSR count). The monoisotopic (exact) mass is 427 g/mol. The van der Waals surface area contributed by atoms with E-state index in [-0.39, 0.29) is 23.6 Å². The molecule has 2 N–H and O–H groups in total. The Morgan fingerprint density at radius 1 is 1.19 bits per heavy atom. The molecule has 31 heavy (non-hydrogen) atoms. The van der Waals surface area contributed by atoms with Crippen molar-refractivity contribution < 1.29 is 18.7 Å². The molecule has 162 valence electrons. The highest BCUT2D eigenvalue weighted by molar-refractivity contribution is 5.70. The molecule has 1 aromatic carbocycles. The molecule has 1 aliphatic rings. The number of nitrogens with one attached hydrogen (secondary N) is 1. The molecular weight excluding hydrogens is 404 g/mol. The number of alkyl halides is 2. The summed E-state index contributed by atoms with van der Waals surface area (Å²) < 4.78 is 27.7. The minimum atomic E-state index is -2.66. The molecule has 0 amide bonds. The lowest BCUT2D eigenvalue weighted by atomic mass is 9.86. The minimum absolute atomic E-state index is 0.111. The van der Waals surface area contributed by atoms with Crippen molar-refractivity contribution in [2.45, 2.75) is 45.1 Å². The van der Waals surface area contributed by atoms with E-state index in [1.54, 1.807) is 6.20 Å². The van der Waals surface area contributed by atoms with Crippen LogP contribution < -0.4 is 5.32 Å². The van der Waals surface area contributed by atoms with Crippen LogP contribution >= 0.6 is 0 Å². The summed E-state index contributed by atoms with van der Waals surface area (Å²) in [6, 6.07) is 7.19. The number of anilines is 2. The number of aromatic nitrogens is 4. The van der Waals surface area contributed by atoms with E-state index in [9.17, 15) is 18.7 Å². The normalized spacial score (nSPS) is 18.8. The topological polar surface area (TPSA) is 92.9 Å². The van der Waals surface area contributed by atoms with E-state index >= 15 is 0 Å². The highest BCUT2D eigenvalue weighted by Gasteiger charge is 2.27. The molecule has 0 atom stereocenters. The average Bonchev–Trinajstić information content (AvgIpc) is 3.24. The third kappa shape index (κ3) is 4.87. The molecule has 3 aromatic rings. The van der Waals surface area contributed by atoms with E-state index in [4.69, 9.17) is 0 Å². The van der Waals surface area contributed by atoms with Crippen LogP contribution in [0.2, 0.25) is 0 Å². The maximum absolute atomic E-state index is 12.9. The Hall–Kier alpha value is -3.36. The molecule has 2 aromatic heterocycles. The van der Waals surface area contributed by atoms with Crippen molar-refractivity contribution >= 4 is 17.6 Å². The van der Waals surface area contributed by atoms with Gasteiger partial charge < -0.3 is 10.4 Å². The van der Waals surface area contributed by atoms with Gasteiger partial charge in [-0.1, -0.05) is 6.07 Å². The lowest BCUT2D eigenvalue weighted by Crippen LogP contribution is -2.23. The van der Waals surface area contributed by atoms with E-state index < -0.39 is 12.4 Å². The first-order chi connectivity index (χ1) is 14.9. The van der Waals surface area contributed by atoms with Crippen molar-refractivity contribution in [3.63, 3.8) is 0 Å². The molecule has 0 aliphatic heterocycles. The van der Waals surface area contributed by atoms with Crippen LogP contribution in [0.5, 0.6) is 0 Å². The number of rotatable bonds is 6. The number of nitrogens with zero attached hydrogens (tertiary/aromatic N) is 4. The van der Waals surface area contributed by atoms with Gasteiger partial charge >= 0.3 is 5.97 Å². The maximum atomic E-state index is 12.9. The molecule has 9 heteroatoms. The van der Waals surface area contributed by atoms with Crippen LogP contribution in [0.25, 0.3) is 11.1 Å². The second kappa shape index (κ2) is 8.79. The number of carboxylic acids is 1. The third-order valence-corrected chi connectivity index (χ3v) is 5.59. The van der Waals surface area contributed by atoms with Crippen LogP contribution in [-0.2, 0) is 4.79 Å². The average molecular weight is 427 g/mol. The zero-order valence-corrected chi connectivity index (χ0v) is 17.0. The Morgan fingerprint density at radius 3 is 2.68 bits per heavy atom. The number of aryl methyl sites for hydroxylation is 1. The Bertz CT molecular complexity index is 1080. The van der Waals surface area contributed by atoms with Crippen LogP contribution in [0.1, 0.15) is 49.4 Å². The molecule has 7 nitrogen and oxygen atoms in total. The van der Waals surface area contributed by atoms with Gasteiger partial charge in [0.15, 0.2) is 0 Å². The summed E-state index contributed by atoms with van der Waals surface area (Å²) in [5, 5.41) is 16.7. The molecule has 0 saturated heterocycles. The molecule has 0 unspecified atom stereocenters. The van der Waals surface area contributed by atoms with Crippen molar-refractivity contribution in [3.05, 3.63) is 54.1 Å². The van der Waals surface area contributed by atoms with Crippen LogP contribution in [0.15, 0.2) is 42.9 Å². The summed E-state index contributed by atoms with van der Waals surface area (Å²) in [6.45, 7) is 1.95. The summed E-state index contributed by atoms with van der Waals surface area (Å²) in [5.74, 6) is -0.870. The summed E-state index contributed by atoms with van der Waals surface area (Å²) >= 11 is 0. The number of carboxylic acid groups (broad SMARTS) is 1. The SMILES string of the molecule is Cc1cc(Nc2nccc(C(F)F)n2)cc(-c2cnn(C3CCC(C(=O)O)CC3)c2)c1. The largest absolute Gasteiger partial charge is 0.481 e. The maximum Gasteiger partial charge on any atom is 0.306 e. The highest BCUT2D eigenvalue weighted by atomic mass is 19.3. The Balaban J connectivity index is 1.51. The first-order valence-electron chi connectivity index (χ1n) is 10.2. The molecule has 1 aliphatic carbocycles. The Labute approximate surface area is 178 Å². The number of aliphatic carboxylic acids is 1. The van der Waals surface area contributed by atoms with E-state index in [0.717, 1.165) is 29.5 Å². The Kier molecular flexibility index (Phi) is 5.92. The standard InChI is InChI=1S/C22H23F2N5O2/c1-13-8-15(10-17(9-13)27-22-25-7-6-19(28-22)20(23)24)16-11-26-29(12-16)18-4-2-14(3-5-18)21(30)31/h6-12,14,18,20H,2-5H2,1H3,(H,30,31)(H,25,27,28). The van der Waals surface area contributed by atoms with Gasteiger partial charge in [0.05, 0.1) is 18.2 Å². The summed E-state index contributed by atoms with van der Waals surface area (Å²) in [7, 11) is 0. The summed E-state index contributed by atoms with van der Waals surface area (Å²) in [4.78, 5) is 19.0. The van der Waals surface area contributed by atoms with Crippen LogP contribution in [0, 0.1) is 12.8 Å². The molecule has 0 bridgehead atoms. The molecular formula is C22H23F2N5O2. The van der Waals surface area contributed by atoms with Gasteiger partial charge in [0, 0.05) is 23.6 Å². The summed E-state index contributed by atoms with van der Waals surface area (Å²) in [6.07, 6.45) is 5.29. The quantitative estimate of drug-likeness (QED) is 0.565. The van der Waals surface area contributed by atoms with E-state index in [1.807, 2.05) is 36.0 Å². The van der Waals surface area contributed by atoms with Crippen molar-refractivity contribution in [1.82, 2.24) is 19.7 Å². The van der Waals surface area contributed by atoms with Gasteiger partial charge in [-0.3, -0.25) is 9.48 Å². The number of hydrogen-bond acceptors (Lipinski definition) is 5. The van der Waals surface area contributed by atoms with Crippen LogP contribution in [-0.4, -0.2) is 30.8 Å². The third-order valence-electron chi connectivity index (χ3n) is 5.59. The van der Waals surface area contributed by atoms with Gasteiger partial charge in [-0.05, 0) is 61.9 Å². The predicted octanol–water partition coefficient (Wildman–Crippen LogP) is 5.15. The molecule has 1 saturated carbocycles. The zero-order chi connectivity index (χ0) is 22.0. The highest BCUT2D eigenvalue weighted by Crippen LogP contribution is 2.33. The van der Waals surface area contributed by atoms with Gasteiger partial charge in [0.2, 0.25) is 5.95 Å². The lowest BCUT2D eigenvalue weighted by molar-refractivity contribution is -0.143. The van der Waals surface area contributed by atoms with Gasteiger partial charge in [-0.25, -0.2) is 18.7 Å². The number of hydrogen-bond donors (Lipinski definition) is 2. The second-order valence-corrected chi connectivity index (χ2v) is 7.87. The minimum Gasteiger partial charge on any atom is -0.481 e. The fourth-order valence-corrected chi connectivity index (χ4v) is 3.98. The fourth-order valence-electron chi connectivity index (χ4n) is 3.98. The van der Waals surface area contributed by atoms with Gasteiger partial charge in [0.1, 0.15) is 5.69 Å². The smallest absolute Gasteiger partial charge is 0.306 e. The van der Waals surface area contributed by atoms with Crippen molar-refractivity contribution in [2.24, 2.45) is 5.92 Å². The molecule has 2 heterocycles. The number of carbonyl (C=O) groups is 1. The van der Waals surface area contributed by atoms with Crippen molar-refractivity contribution in [3.8, 4) is 11.1 Å². The van der Waals surface area contributed by atoms with Crippen molar-refractivity contribution in [2.75, 3.05) is 5.32 Å². The predicted molar refractivity (Wildman–Crippen MR) is 111 cm³/mol. The first-order valence-corrected chi connectivity index (χ1v) is 10.2. The fraction of sp³-hybridized carbons (Fsp3) is 0.364. The number of halogens is 2. The van der Waals surface area contributed by atoms with E-state index in [2.05, 4.69) is 20.4 Å². The molecule has 0 spiro atoms. The van der Waals surface area contributed by atoms with Gasteiger partial charge in [-0.2, -0.15) is 5.10 Å². The van der Waals surface area contributed by atoms with E-state index in [0.29, 0.717) is 18.5 Å². The van der Waals surface area contributed by atoms with Gasteiger partial charge in [-0.15, -0.1) is 0 Å². The number of benzene rings is 1. The molecule has 1 fully saturated rings.